The molecule has 1 N–H and O–H groups in total. The highest BCUT2D eigenvalue weighted by Gasteiger charge is 2.05. The number of aliphatic hydroxyl groups excluding tert-OH is 1. The predicted octanol–water partition coefficient (Wildman–Crippen LogP) is 2.53. The fraction of sp³-hybridized carbons (Fsp3) is 0.167. The van der Waals surface area contributed by atoms with Crippen LogP contribution in [0, 0.1) is 0 Å². The number of rotatable bonds is 3. The lowest BCUT2D eigenvalue weighted by Crippen LogP contribution is -1.94. The van der Waals surface area contributed by atoms with E-state index in [4.69, 9.17) is 5.11 Å². The van der Waals surface area contributed by atoms with E-state index in [1.165, 1.54) is 0 Å². The van der Waals surface area contributed by atoms with Gasteiger partial charge in [-0.15, -0.1) is 0 Å². The molecule has 1 nitrogen and oxygen atoms in total. The number of hydrogen-bond acceptors (Lipinski definition) is 1. The van der Waals surface area contributed by atoms with Gasteiger partial charge in [-0.05, 0) is 23.1 Å². The summed E-state index contributed by atoms with van der Waals surface area (Å²) in [6.07, 6.45) is 10.4. The maximum Gasteiger partial charge on any atom is 0.0684 e. The molecule has 1 heteroatoms. The van der Waals surface area contributed by atoms with Crippen molar-refractivity contribution in [2.45, 2.75) is 6.42 Å². The van der Waals surface area contributed by atoms with Gasteiger partial charge in [0.15, 0.2) is 0 Å². The molecule has 1 rings (SSSR count). The van der Waals surface area contributed by atoms with E-state index in [1.807, 2.05) is 18.2 Å². The SMILES string of the molecule is C=CC1=C(C=C)C(CO)=CCC=C1. The zero-order chi connectivity index (χ0) is 9.68. The molecule has 0 bridgehead atoms. The van der Waals surface area contributed by atoms with Gasteiger partial charge in [0.2, 0.25) is 0 Å². The van der Waals surface area contributed by atoms with Gasteiger partial charge in [-0.3, -0.25) is 0 Å². The summed E-state index contributed by atoms with van der Waals surface area (Å²) in [4.78, 5) is 0. The average molecular weight is 174 g/mol. The Morgan fingerprint density at radius 1 is 1.38 bits per heavy atom. The first-order valence-corrected chi connectivity index (χ1v) is 4.29. The van der Waals surface area contributed by atoms with Gasteiger partial charge in [-0.1, -0.05) is 43.5 Å². The smallest absolute Gasteiger partial charge is 0.0684 e. The third kappa shape index (κ3) is 2.07. The van der Waals surface area contributed by atoms with Gasteiger partial charge in [0.25, 0.3) is 0 Å². The average Bonchev–Trinajstić information content (AvgIpc) is 2.37. The van der Waals surface area contributed by atoms with E-state index in [0.29, 0.717) is 0 Å². The quantitative estimate of drug-likeness (QED) is 0.697. The molecule has 0 aromatic carbocycles. The molecule has 0 aromatic heterocycles. The van der Waals surface area contributed by atoms with Gasteiger partial charge in [0.1, 0.15) is 0 Å². The van der Waals surface area contributed by atoms with Crippen molar-refractivity contribution in [3.8, 4) is 0 Å². The van der Waals surface area contributed by atoms with E-state index in [-0.39, 0.29) is 6.61 Å². The summed E-state index contributed by atoms with van der Waals surface area (Å²) in [5, 5.41) is 9.12. The minimum absolute atomic E-state index is 0.0559. The van der Waals surface area contributed by atoms with Crippen LogP contribution in [-0.4, -0.2) is 11.7 Å². The van der Waals surface area contributed by atoms with Gasteiger partial charge in [-0.2, -0.15) is 0 Å². The molecule has 0 unspecified atom stereocenters. The van der Waals surface area contributed by atoms with Crippen molar-refractivity contribution in [1.82, 2.24) is 0 Å². The van der Waals surface area contributed by atoms with Crippen molar-refractivity contribution in [3.05, 3.63) is 60.3 Å². The molecule has 0 fully saturated rings. The van der Waals surface area contributed by atoms with Gasteiger partial charge in [0.05, 0.1) is 6.61 Å². The van der Waals surface area contributed by atoms with Crippen LogP contribution in [0.25, 0.3) is 0 Å². The first kappa shape index (κ1) is 9.75. The van der Waals surface area contributed by atoms with Crippen LogP contribution in [0.4, 0.5) is 0 Å². The summed E-state index contributed by atoms with van der Waals surface area (Å²) < 4.78 is 0. The second-order valence-electron chi connectivity index (χ2n) is 2.80. The van der Waals surface area contributed by atoms with Crippen LogP contribution in [0.1, 0.15) is 6.42 Å². The monoisotopic (exact) mass is 174 g/mol. The van der Waals surface area contributed by atoms with Crippen molar-refractivity contribution in [2.24, 2.45) is 0 Å². The molecule has 13 heavy (non-hydrogen) atoms. The number of aliphatic hydroxyl groups is 1. The summed E-state index contributed by atoms with van der Waals surface area (Å²) in [5.41, 5.74) is 2.92. The molecule has 0 aliphatic heterocycles. The van der Waals surface area contributed by atoms with E-state index in [9.17, 15) is 0 Å². The summed E-state index contributed by atoms with van der Waals surface area (Å²) in [6, 6.07) is 0. The maximum absolute atomic E-state index is 9.12. The highest BCUT2D eigenvalue weighted by atomic mass is 16.3. The van der Waals surface area contributed by atoms with Crippen LogP contribution in [-0.2, 0) is 0 Å². The zero-order valence-electron chi connectivity index (χ0n) is 7.66. The minimum Gasteiger partial charge on any atom is -0.392 e. The van der Waals surface area contributed by atoms with Crippen molar-refractivity contribution >= 4 is 0 Å². The molecule has 0 saturated carbocycles. The Bertz CT molecular complexity index is 303. The van der Waals surface area contributed by atoms with Crippen LogP contribution in [0.2, 0.25) is 0 Å². The van der Waals surface area contributed by atoms with Crippen LogP contribution in [0.15, 0.2) is 60.3 Å². The molecule has 0 amide bonds. The highest BCUT2D eigenvalue weighted by molar-refractivity contribution is 5.52. The van der Waals surface area contributed by atoms with Crippen LogP contribution in [0.3, 0.4) is 0 Å². The Labute approximate surface area is 79.1 Å². The van der Waals surface area contributed by atoms with Crippen LogP contribution < -0.4 is 0 Å². The van der Waals surface area contributed by atoms with Crippen molar-refractivity contribution < 1.29 is 5.11 Å². The Morgan fingerprint density at radius 2 is 2.15 bits per heavy atom. The van der Waals surface area contributed by atoms with Gasteiger partial charge >= 0.3 is 0 Å². The van der Waals surface area contributed by atoms with E-state index >= 15 is 0 Å². The predicted molar refractivity (Wildman–Crippen MR) is 56.3 cm³/mol. The number of allylic oxidation sites excluding steroid dienone is 6. The lowest BCUT2D eigenvalue weighted by Gasteiger charge is -2.06. The Balaban J connectivity index is 3.20. The molecule has 0 radical (unpaired) electrons. The first-order chi connectivity index (χ1) is 6.33. The van der Waals surface area contributed by atoms with E-state index in [1.54, 1.807) is 12.2 Å². The van der Waals surface area contributed by atoms with E-state index in [0.717, 1.165) is 23.1 Å². The van der Waals surface area contributed by atoms with Crippen molar-refractivity contribution in [3.63, 3.8) is 0 Å². The normalized spacial score (nSPS) is 16.5. The maximum atomic E-state index is 9.12. The van der Waals surface area contributed by atoms with Crippen LogP contribution >= 0.6 is 0 Å². The zero-order valence-corrected chi connectivity index (χ0v) is 7.66. The molecule has 68 valence electrons. The highest BCUT2D eigenvalue weighted by Crippen LogP contribution is 2.21. The van der Waals surface area contributed by atoms with Gasteiger partial charge in [0, 0.05) is 0 Å². The second-order valence-corrected chi connectivity index (χ2v) is 2.80. The lowest BCUT2D eigenvalue weighted by atomic mass is 10.0. The number of hydrogen-bond donors (Lipinski definition) is 1. The molecular weight excluding hydrogens is 160 g/mol. The van der Waals surface area contributed by atoms with Crippen molar-refractivity contribution in [1.29, 1.82) is 0 Å². The first-order valence-electron chi connectivity index (χ1n) is 4.29. The van der Waals surface area contributed by atoms with Crippen molar-refractivity contribution in [2.75, 3.05) is 6.61 Å². The summed E-state index contributed by atoms with van der Waals surface area (Å²) in [5.74, 6) is 0. The minimum atomic E-state index is 0.0559. The Kier molecular flexibility index (Phi) is 3.47. The van der Waals surface area contributed by atoms with Gasteiger partial charge < -0.3 is 5.11 Å². The fourth-order valence-corrected chi connectivity index (χ4v) is 1.37. The third-order valence-corrected chi connectivity index (χ3v) is 2.05. The molecule has 0 atom stereocenters. The van der Waals surface area contributed by atoms with E-state index < -0.39 is 0 Å². The summed E-state index contributed by atoms with van der Waals surface area (Å²) in [6.45, 7) is 7.51. The molecule has 0 saturated heterocycles. The topological polar surface area (TPSA) is 20.2 Å². The lowest BCUT2D eigenvalue weighted by molar-refractivity contribution is 0.333. The standard InChI is InChI=1S/C12H14O/c1-3-10-7-5-6-8-11(9-13)12(10)4-2/h3-5,7-8,13H,1-2,6,9H2. The molecule has 0 spiro atoms. The van der Waals surface area contributed by atoms with Crippen LogP contribution in [0.5, 0.6) is 0 Å². The fourth-order valence-electron chi connectivity index (χ4n) is 1.37. The second kappa shape index (κ2) is 4.63. The molecule has 0 heterocycles. The molecule has 1 aliphatic carbocycles. The Morgan fingerprint density at radius 3 is 2.69 bits per heavy atom. The molecule has 0 aromatic rings. The largest absolute Gasteiger partial charge is 0.392 e. The van der Waals surface area contributed by atoms with Gasteiger partial charge in [-0.25, -0.2) is 0 Å². The Hall–Kier alpha value is -1.34. The molecule has 1 aliphatic rings. The summed E-state index contributed by atoms with van der Waals surface area (Å²) in [7, 11) is 0. The van der Waals surface area contributed by atoms with E-state index in [2.05, 4.69) is 13.2 Å². The molecular formula is C12H14O. The summed E-state index contributed by atoms with van der Waals surface area (Å²) >= 11 is 0. The third-order valence-electron chi connectivity index (χ3n) is 2.05.